The number of nitrogens with zero attached hydrogens (tertiary/aromatic N) is 2. The standard InChI is InChI=1S/C21H14Cl2N2O/c1-13-11-14(21-25-18-7-2-3-8-19(18)26-21)9-10-17(13)24-12-15-5-4-6-16(22)20(15)23/h2-12H,1H3. The summed E-state index contributed by atoms with van der Waals surface area (Å²) in [5.41, 5.74) is 5.18. The molecule has 0 saturated carbocycles. The second-order valence-electron chi connectivity index (χ2n) is 5.89. The molecule has 5 heteroatoms. The smallest absolute Gasteiger partial charge is 0.227 e. The van der Waals surface area contributed by atoms with Crippen LogP contribution in [0.5, 0.6) is 0 Å². The molecule has 0 aliphatic rings. The number of hydrogen-bond acceptors (Lipinski definition) is 3. The van der Waals surface area contributed by atoms with Crippen LogP contribution in [-0.2, 0) is 0 Å². The molecular formula is C21H14Cl2N2O. The largest absolute Gasteiger partial charge is 0.436 e. The van der Waals surface area contributed by atoms with Crippen molar-refractivity contribution < 1.29 is 4.42 Å². The van der Waals surface area contributed by atoms with Crippen molar-refractivity contribution in [3.05, 3.63) is 81.8 Å². The lowest BCUT2D eigenvalue weighted by atomic mass is 10.1. The zero-order valence-corrected chi connectivity index (χ0v) is 15.4. The molecule has 26 heavy (non-hydrogen) atoms. The highest BCUT2D eigenvalue weighted by molar-refractivity contribution is 6.43. The van der Waals surface area contributed by atoms with Crippen molar-refractivity contribution in [3.63, 3.8) is 0 Å². The summed E-state index contributed by atoms with van der Waals surface area (Å²) in [6.07, 6.45) is 1.72. The van der Waals surface area contributed by atoms with Gasteiger partial charge in [0.25, 0.3) is 0 Å². The molecule has 128 valence electrons. The van der Waals surface area contributed by atoms with Gasteiger partial charge in [0.05, 0.1) is 15.7 Å². The van der Waals surface area contributed by atoms with Crippen molar-refractivity contribution in [2.75, 3.05) is 0 Å². The van der Waals surface area contributed by atoms with Gasteiger partial charge in [-0.25, -0.2) is 4.98 Å². The molecule has 0 fully saturated rings. The van der Waals surface area contributed by atoms with Crippen molar-refractivity contribution in [2.45, 2.75) is 6.92 Å². The average Bonchev–Trinajstić information content (AvgIpc) is 3.08. The molecule has 0 unspecified atom stereocenters. The summed E-state index contributed by atoms with van der Waals surface area (Å²) in [7, 11) is 0. The predicted octanol–water partition coefficient (Wildman–Crippen LogP) is 6.86. The molecule has 0 saturated heterocycles. The Morgan fingerprint density at radius 3 is 2.65 bits per heavy atom. The molecule has 1 heterocycles. The second kappa shape index (κ2) is 6.94. The van der Waals surface area contributed by atoms with E-state index < -0.39 is 0 Å². The fourth-order valence-electron chi connectivity index (χ4n) is 2.69. The molecule has 0 bridgehead atoms. The van der Waals surface area contributed by atoms with Crippen molar-refractivity contribution in [3.8, 4) is 11.5 Å². The van der Waals surface area contributed by atoms with Crippen LogP contribution in [0.15, 0.2) is 70.1 Å². The number of hydrogen-bond donors (Lipinski definition) is 0. The Kier molecular flexibility index (Phi) is 4.49. The quantitative estimate of drug-likeness (QED) is 0.364. The summed E-state index contributed by atoms with van der Waals surface area (Å²) in [6.45, 7) is 2.00. The summed E-state index contributed by atoms with van der Waals surface area (Å²) in [5.74, 6) is 0.600. The van der Waals surface area contributed by atoms with Gasteiger partial charge in [0, 0.05) is 17.3 Å². The van der Waals surface area contributed by atoms with Crippen LogP contribution in [0, 0.1) is 6.92 Å². The molecular weight excluding hydrogens is 367 g/mol. The van der Waals surface area contributed by atoms with Gasteiger partial charge in [-0.05, 0) is 48.9 Å². The number of halogens is 2. The van der Waals surface area contributed by atoms with Gasteiger partial charge in [0.2, 0.25) is 5.89 Å². The van der Waals surface area contributed by atoms with E-state index in [0.29, 0.717) is 15.9 Å². The van der Waals surface area contributed by atoms with Crippen LogP contribution in [0.1, 0.15) is 11.1 Å². The first-order valence-electron chi connectivity index (χ1n) is 8.06. The van der Waals surface area contributed by atoms with Gasteiger partial charge >= 0.3 is 0 Å². The van der Waals surface area contributed by atoms with Crippen LogP contribution < -0.4 is 0 Å². The normalized spacial score (nSPS) is 11.5. The van der Waals surface area contributed by atoms with Gasteiger partial charge in [0.1, 0.15) is 5.52 Å². The Bertz CT molecular complexity index is 1100. The Morgan fingerprint density at radius 2 is 1.85 bits per heavy atom. The SMILES string of the molecule is Cc1cc(-c2nc3ccccc3o2)ccc1N=Cc1cccc(Cl)c1Cl. The Labute approximate surface area is 160 Å². The van der Waals surface area contributed by atoms with Gasteiger partial charge < -0.3 is 4.42 Å². The number of fused-ring (bicyclic) bond motifs is 1. The van der Waals surface area contributed by atoms with E-state index in [1.807, 2.05) is 61.5 Å². The van der Waals surface area contributed by atoms with E-state index in [4.69, 9.17) is 27.6 Å². The molecule has 0 aliphatic carbocycles. The minimum atomic E-state index is 0.499. The lowest BCUT2D eigenvalue weighted by molar-refractivity contribution is 0.620. The van der Waals surface area contributed by atoms with E-state index in [2.05, 4.69) is 9.98 Å². The summed E-state index contributed by atoms with van der Waals surface area (Å²) in [6, 6.07) is 19.1. The Hall–Kier alpha value is -2.62. The maximum Gasteiger partial charge on any atom is 0.227 e. The third-order valence-corrected chi connectivity index (χ3v) is 4.90. The highest BCUT2D eigenvalue weighted by Crippen LogP contribution is 2.29. The van der Waals surface area contributed by atoms with E-state index in [9.17, 15) is 0 Å². The maximum atomic E-state index is 6.20. The van der Waals surface area contributed by atoms with Crippen molar-refractivity contribution >= 4 is 46.2 Å². The third kappa shape index (κ3) is 3.24. The summed E-state index contributed by atoms with van der Waals surface area (Å²) < 4.78 is 5.83. The number of oxazole rings is 1. The topological polar surface area (TPSA) is 38.4 Å². The molecule has 0 atom stereocenters. The molecule has 4 rings (SSSR count). The van der Waals surface area contributed by atoms with Crippen LogP contribution in [0.2, 0.25) is 10.0 Å². The summed E-state index contributed by atoms with van der Waals surface area (Å²) in [5, 5.41) is 1.01. The first-order valence-corrected chi connectivity index (χ1v) is 8.82. The van der Waals surface area contributed by atoms with E-state index in [1.165, 1.54) is 0 Å². The predicted molar refractivity (Wildman–Crippen MR) is 108 cm³/mol. The molecule has 0 N–H and O–H groups in total. The van der Waals surface area contributed by atoms with Crippen molar-refractivity contribution in [2.24, 2.45) is 4.99 Å². The number of rotatable bonds is 3. The molecule has 1 aromatic heterocycles. The Balaban J connectivity index is 1.65. The van der Waals surface area contributed by atoms with Crippen LogP contribution in [-0.4, -0.2) is 11.2 Å². The summed E-state index contributed by atoms with van der Waals surface area (Å²) in [4.78, 5) is 9.07. The first-order chi connectivity index (χ1) is 12.6. The maximum absolute atomic E-state index is 6.20. The Morgan fingerprint density at radius 1 is 1.00 bits per heavy atom. The van der Waals surface area contributed by atoms with E-state index in [1.54, 1.807) is 12.3 Å². The fourth-order valence-corrected chi connectivity index (χ4v) is 3.04. The van der Waals surface area contributed by atoms with Gasteiger partial charge in [-0.1, -0.05) is 47.5 Å². The fraction of sp³-hybridized carbons (Fsp3) is 0.0476. The lowest BCUT2D eigenvalue weighted by Crippen LogP contribution is -1.85. The van der Waals surface area contributed by atoms with E-state index >= 15 is 0 Å². The molecule has 4 aromatic rings. The summed E-state index contributed by atoms with van der Waals surface area (Å²) >= 11 is 12.2. The highest BCUT2D eigenvalue weighted by atomic mass is 35.5. The number of para-hydroxylation sites is 2. The van der Waals surface area contributed by atoms with Crippen LogP contribution in [0.4, 0.5) is 5.69 Å². The molecule has 3 nitrogen and oxygen atoms in total. The lowest BCUT2D eigenvalue weighted by Gasteiger charge is -2.03. The third-order valence-electron chi connectivity index (χ3n) is 4.06. The first kappa shape index (κ1) is 16.8. The highest BCUT2D eigenvalue weighted by Gasteiger charge is 2.09. The number of aromatic nitrogens is 1. The molecule has 3 aromatic carbocycles. The van der Waals surface area contributed by atoms with E-state index in [0.717, 1.165) is 33.5 Å². The minimum Gasteiger partial charge on any atom is -0.436 e. The molecule has 0 amide bonds. The number of benzene rings is 3. The van der Waals surface area contributed by atoms with Gasteiger partial charge in [-0.3, -0.25) is 4.99 Å². The molecule has 0 radical (unpaired) electrons. The van der Waals surface area contributed by atoms with Crippen molar-refractivity contribution in [1.29, 1.82) is 0 Å². The van der Waals surface area contributed by atoms with Gasteiger partial charge in [0.15, 0.2) is 5.58 Å². The van der Waals surface area contributed by atoms with E-state index in [-0.39, 0.29) is 0 Å². The van der Waals surface area contributed by atoms with Crippen molar-refractivity contribution in [1.82, 2.24) is 4.98 Å². The monoisotopic (exact) mass is 380 g/mol. The zero-order valence-electron chi connectivity index (χ0n) is 13.9. The zero-order chi connectivity index (χ0) is 18.1. The number of aliphatic imine (C=N–C) groups is 1. The van der Waals surface area contributed by atoms with Crippen LogP contribution >= 0.6 is 23.2 Å². The van der Waals surface area contributed by atoms with Gasteiger partial charge in [-0.15, -0.1) is 0 Å². The van der Waals surface area contributed by atoms with Gasteiger partial charge in [-0.2, -0.15) is 0 Å². The second-order valence-corrected chi connectivity index (χ2v) is 6.67. The average molecular weight is 381 g/mol. The molecule has 0 spiro atoms. The number of aryl methyl sites for hydroxylation is 1. The van der Waals surface area contributed by atoms with Crippen LogP contribution in [0.25, 0.3) is 22.6 Å². The molecule has 0 aliphatic heterocycles. The minimum absolute atomic E-state index is 0.499. The van der Waals surface area contributed by atoms with Crippen LogP contribution in [0.3, 0.4) is 0 Å².